The average molecular weight is 539 g/mol. The maximum absolute atomic E-state index is 13.9. The highest BCUT2D eigenvalue weighted by atomic mass is 16.6. The van der Waals surface area contributed by atoms with E-state index in [0.29, 0.717) is 16.8 Å². The number of nitrogens with zero attached hydrogens (tertiary/aromatic N) is 2. The summed E-state index contributed by atoms with van der Waals surface area (Å²) in [5.41, 5.74) is 0.815. The Morgan fingerprint density at radius 2 is 1.65 bits per heavy atom. The lowest BCUT2D eigenvalue weighted by molar-refractivity contribution is -0.140. The lowest BCUT2D eigenvalue weighted by atomic mass is 9.98. The van der Waals surface area contributed by atoms with E-state index in [-0.39, 0.29) is 5.92 Å². The lowest BCUT2D eigenvalue weighted by Crippen LogP contribution is -2.54. The summed E-state index contributed by atoms with van der Waals surface area (Å²) < 4.78 is 5.36. The van der Waals surface area contributed by atoms with Gasteiger partial charge in [0.2, 0.25) is 5.91 Å². The molecule has 0 bridgehead atoms. The predicted molar refractivity (Wildman–Crippen MR) is 155 cm³/mol. The van der Waals surface area contributed by atoms with Gasteiger partial charge in [-0.05, 0) is 67.3 Å². The number of carbonyl (C=O) groups is 3. The van der Waals surface area contributed by atoms with Crippen LogP contribution in [0.25, 0.3) is 10.8 Å². The second kappa shape index (κ2) is 12.8. The number of rotatable bonds is 8. The van der Waals surface area contributed by atoms with E-state index in [1.165, 1.54) is 4.90 Å². The fraction of sp³-hybridized carbons (Fsp3) is 0.312. The van der Waals surface area contributed by atoms with Crippen LogP contribution in [0.4, 0.5) is 10.5 Å². The topological polar surface area (TPSA) is 112 Å². The molecule has 0 heterocycles. The molecule has 8 nitrogen and oxygen atoms in total. The highest BCUT2D eigenvalue weighted by molar-refractivity contribution is 6.00. The number of anilines is 1. The van der Waals surface area contributed by atoms with Crippen molar-refractivity contribution in [2.75, 3.05) is 11.9 Å². The van der Waals surface area contributed by atoms with Gasteiger partial charge in [0, 0.05) is 11.3 Å². The van der Waals surface area contributed by atoms with E-state index in [2.05, 4.69) is 16.6 Å². The molecule has 0 aliphatic heterocycles. The van der Waals surface area contributed by atoms with E-state index >= 15 is 0 Å². The van der Waals surface area contributed by atoms with Gasteiger partial charge in [-0.3, -0.25) is 9.59 Å². The lowest BCUT2D eigenvalue weighted by Gasteiger charge is -2.34. The van der Waals surface area contributed by atoms with E-state index < -0.39 is 42.1 Å². The van der Waals surface area contributed by atoms with E-state index in [1.807, 2.05) is 42.5 Å². The van der Waals surface area contributed by atoms with Crippen LogP contribution >= 0.6 is 0 Å². The van der Waals surface area contributed by atoms with Crippen molar-refractivity contribution in [3.8, 4) is 18.4 Å². The highest BCUT2D eigenvalue weighted by Crippen LogP contribution is 2.27. The molecule has 3 aromatic carbocycles. The van der Waals surface area contributed by atoms with Crippen molar-refractivity contribution in [1.82, 2.24) is 10.2 Å². The van der Waals surface area contributed by atoms with Crippen molar-refractivity contribution >= 4 is 34.4 Å². The zero-order valence-corrected chi connectivity index (χ0v) is 23.4. The molecule has 2 unspecified atom stereocenters. The fourth-order valence-electron chi connectivity index (χ4n) is 4.21. The van der Waals surface area contributed by atoms with Gasteiger partial charge in [-0.2, -0.15) is 5.26 Å². The number of ether oxygens (including phenoxy) is 1. The molecule has 8 heteroatoms. The summed E-state index contributed by atoms with van der Waals surface area (Å²) in [5, 5.41) is 17.2. The Hall–Kier alpha value is -4.82. The van der Waals surface area contributed by atoms with Crippen LogP contribution in [0.1, 0.15) is 51.8 Å². The molecule has 3 aromatic rings. The first-order valence-corrected chi connectivity index (χ1v) is 13.0. The maximum Gasteiger partial charge on any atom is 0.408 e. The van der Waals surface area contributed by atoms with Crippen LogP contribution in [0.2, 0.25) is 0 Å². The molecule has 2 N–H and O–H groups in total. The van der Waals surface area contributed by atoms with Crippen LogP contribution in [0, 0.1) is 29.6 Å². The Morgan fingerprint density at radius 3 is 2.23 bits per heavy atom. The third kappa shape index (κ3) is 7.61. The molecular formula is C32H34N4O4. The van der Waals surface area contributed by atoms with E-state index in [0.717, 1.165) is 10.8 Å². The van der Waals surface area contributed by atoms with Crippen LogP contribution in [0.3, 0.4) is 0 Å². The quantitative estimate of drug-likeness (QED) is 0.295. The molecule has 40 heavy (non-hydrogen) atoms. The monoisotopic (exact) mass is 538 g/mol. The molecule has 3 rings (SSSR count). The third-order valence-electron chi connectivity index (χ3n) is 6.10. The van der Waals surface area contributed by atoms with Crippen LogP contribution in [-0.4, -0.2) is 41.0 Å². The van der Waals surface area contributed by atoms with Crippen molar-refractivity contribution in [1.29, 1.82) is 5.26 Å². The molecule has 206 valence electrons. The maximum atomic E-state index is 13.9. The summed E-state index contributed by atoms with van der Waals surface area (Å²) in [4.78, 5) is 41.6. The van der Waals surface area contributed by atoms with Crippen molar-refractivity contribution in [3.05, 3.63) is 77.9 Å². The summed E-state index contributed by atoms with van der Waals surface area (Å²) in [6.45, 7) is 8.27. The Labute approximate surface area is 235 Å². The average Bonchev–Trinajstić information content (AvgIpc) is 2.90. The minimum atomic E-state index is -1.19. The Bertz CT molecular complexity index is 1460. The minimum absolute atomic E-state index is 0.366. The number of hydrogen-bond donors (Lipinski definition) is 2. The third-order valence-corrected chi connectivity index (χ3v) is 6.10. The fourth-order valence-corrected chi connectivity index (χ4v) is 4.21. The standard InChI is InChI=1S/C32H34N4O4/c1-7-22-12-14-24(15-13-22)28(29(37)34-26-17-16-23-10-8-9-11-25(23)20-26)36(19-18-33)30(38)27(21(2)3)35-31(39)40-32(4,5)6/h1,8-17,20-21,27-28H,19H2,2-6H3,(H,34,37)(H,35,39). The normalized spacial score (nSPS) is 12.5. The largest absolute Gasteiger partial charge is 0.444 e. The number of benzene rings is 3. The van der Waals surface area contributed by atoms with Gasteiger partial charge in [0.15, 0.2) is 0 Å². The van der Waals surface area contributed by atoms with Crippen LogP contribution < -0.4 is 10.6 Å². The van der Waals surface area contributed by atoms with Crippen molar-refractivity contribution in [2.45, 2.75) is 52.3 Å². The number of carbonyl (C=O) groups excluding carboxylic acids is 3. The summed E-state index contributed by atoms with van der Waals surface area (Å²) in [6.07, 6.45) is 4.74. The number of terminal acetylenes is 1. The summed E-state index contributed by atoms with van der Waals surface area (Å²) in [7, 11) is 0. The van der Waals surface area contributed by atoms with E-state index in [9.17, 15) is 19.6 Å². The molecule has 0 saturated carbocycles. The Balaban J connectivity index is 2.01. The predicted octanol–water partition coefficient (Wildman–Crippen LogP) is 5.40. The van der Waals surface area contributed by atoms with E-state index in [1.54, 1.807) is 65.0 Å². The van der Waals surface area contributed by atoms with Gasteiger partial charge in [0.25, 0.3) is 5.91 Å². The smallest absolute Gasteiger partial charge is 0.408 e. The summed E-state index contributed by atoms with van der Waals surface area (Å²) in [5.74, 6) is 1.05. The molecule has 0 aromatic heterocycles. The molecule has 0 saturated heterocycles. The van der Waals surface area contributed by atoms with Crippen LogP contribution in [0.15, 0.2) is 66.7 Å². The first-order valence-electron chi connectivity index (χ1n) is 13.0. The zero-order chi connectivity index (χ0) is 29.4. The molecular weight excluding hydrogens is 504 g/mol. The Morgan fingerprint density at radius 1 is 1.00 bits per heavy atom. The van der Waals surface area contributed by atoms with Gasteiger partial charge in [-0.25, -0.2) is 4.79 Å². The van der Waals surface area contributed by atoms with Crippen molar-refractivity contribution in [3.63, 3.8) is 0 Å². The van der Waals surface area contributed by atoms with Crippen molar-refractivity contribution in [2.24, 2.45) is 5.92 Å². The van der Waals surface area contributed by atoms with Crippen LogP contribution in [0.5, 0.6) is 0 Å². The number of alkyl carbamates (subject to hydrolysis) is 1. The second-order valence-corrected chi connectivity index (χ2v) is 10.7. The van der Waals surface area contributed by atoms with Crippen molar-refractivity contribution < 1.29 is 19.1 Å². The zero-order valence-electron chi connectivity index (χ0n) is 23.4. The molecule has 0 aliphatic rings. The second-order valence-electron chi connectivity index (χ2n) is 10.7. The number of nitrogens with one attached hydrogen (secondary N) is 2. The SMILES string of the molecule is C#Cc1ccc(C(C(=O)Nc2ccc3ccccc3c2)N(CC#N)C(=O)C(NC(=O)OC(C)(C)C)C(C)C)cc1. The van der Waals surface area contributed by atoms with Gasteiger partial charge in [0.1, 0.15) is 24.2 Å². The van der Waals surface area contributed by atoms with Gasteiger partial charge < -0.3 is 20.3 Å². The summed E-state index contributed by atoms with van der Waals surface area (Å²) in [6, 6.07) is 19.6. The minimum Gasteiger partial charge on any atom is -0.444 e. The Kier molecular flexibility index (Phi) is 9.53. The molecule has 3 amide bonds. The number of hydrogen-bond acceptors (Lipinski definition) is 5. The number of amides is 3. The van der Waals surface area contributed by atoms with Gasteiger partial charge in [-0.15, -0.1) is 6.42 Å². The first kappa shape index (κ1) is 29.7. The first-order chi connectivity index (χ1) is 18.9. The van der Waals surface area contributed by atoms with Crippen LogP contribution in [-0.2, 0) is 14.3 Å². The molecule has 0 aliphatic carbocycles. The van der Waals surface area contributed by atoms with Gasteiger partial charge >= 0.3 is 6.09 Å². The molecule has 0 fully saturated rings. The number of fused-ring (bicyclic) bond motifs is 1. The number of nitriles is 1. The molecule has 0 spiro atoms. The van der Waals surface area contributed by atoms with E-state index in [4.69, 9.17) is 11.2 Å². The highest BCUT2D eigenvalue weighted by Gasteiger charge is 2.37. The molecule has 2 atom stereocenters. The summed E-state index contributed by atoms with van der Waals surface area (Å²) >= 11 is 0. The molecule has 0 radical (unpaired) electrons. The van der Waals surface area contributed by atoms with Gasteiger partial charge in [0.05, 0.1) is 6.07 Å². The van der Waals surface area contributed by atoms with Gasteiger partial charge in [-0.1, -0.05) is 62.2 Å².